The Morgan fingerprint density at radius 3 is 2.73 bits per heavy atom. The predicted molar refractivity (Wildman–Crippen MR) is 107 cm³/mol. The zero-order valence-electron chi connectivity index (χ0n) is 14.2. The molecule has 1 aromatic heterocycles. The number of halogens is 2. The molecular weight excluding hydrogens is 391 g/mol. The van der Waals surface area contributed by atoms with Gasteiger partial charge in [-0.3, -0.25) is 4.79 Å². The van der Waals surface area contributed by atoms with Gasteiger partial charge in [0, 0.05) is 36.4 Å². The van der Waals surface area contributed by atoms with Gasteiger partial charge in [0.25, 0.3) is 5.91 Å². The Balaban J connectivity index is 1.81. The van der Waals surface area contributed by atoms with Gasteiger partial charge in [-0.25, -0.2) is 4.68 Å². The highest BCUT2D eigenvalue weighted by Crippen LogP contribution is 2.38. The molecule has 1 atom stereocenters. The SMILES string of the molecule is CC1=C(C(=O)N2CCSCC2)C(c2ccc(Cl)c(Cl)c2)n2nccc2N1. The second kappa shape index (κ2) is 7.18. The molecule has 1 saturated heterocycles. The minimum absolute atomic E-state index is 0.0486. The highest BCUT2D eigenvalue weighted by molar-refractivity contribution is 7.99. The van der Waals surface area contributed by atoms with Crippen LogP contribution in [0.1, 0.15) is 18.5 Å². The number of benzene rings is 1. The van der Waals surface area contributed by atoms with E-state index in [1.165, 1.54) is 0 Å². The lowest BCUT2D eigenvalue weighted by Crippen LogP contribution is -2.42. The van der Waals surface area contributed by atoms with Crippen LogP contribution in [0.5, 0.6) is 0 Å². The first-order chi connectivity index (χ1) is 12.6. The molecular formula is C18H18Cl2N4OS. The van der Waals surface area contributed by atoms with Crippen LogP contribution in [0, 0.1) is 0 Å². The number of nitrogens with one attached hydrogen (secondary N) is 1. The molecule has 2 aliphatic rings. The number of hydrogen-bond acceptors (Lipinski definition) is 4. The number of carbonyl (C=O) groups is 1. The molecule has 8 heteroatoms. The van der Waals surface area contributed by atoms with Gasteiger partial charge < -0.3 is 10.2 Å². The van der Waals surface area contributed by atoms with Crippen molar-refractivity contribution in [3.63, 3.8) is 0 Å². The summed E-state index contributed by atoms with van der Waals surface area (Å²) in [5, 5.41) is 8.71. The van der Waals surface area contributed by atoms with Crippen molar-refractivity contribution >= 4 is 46.7 Å². The number of allylic oxidation sites excluding steroid dienone is 1. The van der Waals surface area contributed by atoms with Crippen LogP contribution in [0.2, 0.25) is 10.0 Å². The first-order valence-corrected chi connectivity index (χ1v) is 10.3. The molecule has 26 heavy (non-hydrogen) atoms. The van der Waals surface area contributed by atoms with Gasteiger partial charge in [-0.2, -0.15) is 16.9 Å². The molecule has 1 aromatic carbocycles. The normalized spacial score (nSPS) is 20.0. The largest absolute Gasteiger partial charge is 0.344 e. The summed E-state index contributed by atoms with van der Waals surface area (Å²) in [5.41, 5.74) is 2.43. The monoisotopic (exact) mass is 408 g/mol. The molecule has 2 aliphatic heterocycles. The number of thioether (sulfide) groups is 1. The van der Waals surface area contributed by atoms with Gasteiger partial charge in [-0.15, -0.1) is 0 Å². The van der Waals surface area contributed by atoms with E-state index in [1.807, 2.05) is 46.5 Å². The highest BCUT2D eigenvalue weighted by Gasteiger charge is 2.35. The maximum Gasteiger partial charge on any atom is 0.254 e. The fraction of sp³-hybridized carbons (Fsp3) is 0.333. The van der Waals surface area contributed by atoms with Crippen LogP contribution in [0.15, 0.2) is 41.7 Å². The Kier molecular flexibility index (Phi) is 4.90. The molecule has 2 aromatic rings. The minimum atomic E-state index is -0.335. The lowest BCUT2D eigenvalue weighted by atomic mass is 9.94. The molecule has 0 saturated carbocycles. The third kappa shape index (κ3) is 3.10. The topological polar surface area (TPSA) is 50.2 Å². The van der Waals surface area contributed by atoms with Crippen LogP contribution in [-0.4, -0.2) is 45.2 Å². The third-order valence-electron chi connectivity index (χ3n) is 4.70. The van der Waals surface area contributed by atoms with Gasteiger partial charge in [-0.1, -0.05) is 29.3 Å². The predicted octanol–water partition coefficient (Wildman–Crippen LogP) is 4.05. The number of aromatic nitrogens is 2. The molecule has 5 nitrogen and oxygen atoms in total. The van der Waals surface area contributed by atoms with Crippen molar-refractivity contribution in [2.45, 2.75) is 13.0 Å². The van der Waals surface area contributed by atoms with Gasteiger partial charge in [0.05, 0.1) is 21.8 Å². The van der Waals surface area contributed by atoms with E-state index in [2.05, 4.69) is 10.4 Å². The molecule has 0 aliphatic carbocycles. The van der Waals surface area contributed by atoms with Gasteiger partial charge in [0.1, 0.15) is 11.9 Å². The van der Waals surface area contributed by atoms with Crippen LogP contribution in [-0.2, 0) is 4.79 Å². The quantitative estimate of drug-likeness (QED) is 0.813. The van der Waals surface area contributed by atoms with Gasteiger partial charge >= 0.3 is 0 Å². The lowest BCUT2D eigenvalue weighted by Gasteiger charge is -2.34. The number of rotatable bonds is 2. The Morgan fingerprint density at radius 1 is 1.23 bits per heavy atom. The van der Waals surface area contributed by atoms with Crippen LogP contribution in [0.3, 0.4) is 0 Å². The summed E-state index contributed by atoms with van der Waals surface area (Å²) in [6, 6.07) is 7.05. The van der Waals surface area contributed by atoms with Crippen LogP contribution in [0.4, 0.5) is 5.82 Å². The Morgan fingerprint density at radius 2 is 2.00 bits per heavy atom. The summed E-state index contributed by atoms with van der Waals surface area (Å²) in [5.74, 6) is 2.84. The molecule has 0 bridgehead atoms. The second-order valence-electron chi connectivity index (χ2n) is 6.31. The summed E-state index contributed by atoms with van der Waals surface area (Å²) in [6.45, 7) is 3.47. The molecule has 1 amide bonds. The average Bonchev–Trinajstić information content (AvgIpc) is 3.11. The van der Waals surface area contributed by atoms with E-state index >= 15 is 0 Å². The number of nitrogens with zero attached hydrogens (tertiary/aromatic N) is 3. The summed E-state index contributed by atoms with van der Waals surface area (Å²) in [4.78, 5) is 15.3. The van der Waals surface area contributed by atoms with E-state index in [1.54, 1.807) is 12.3 Å². The Labute approximate surface area is 166 Å². The summed E-state index contributed by atoms with van der Waals surface area (Å²) in [6.07, 6.45) is 1.73. The second-order valence-corrected chi connectivity index (χ2v) is 8.34. The average molecular weight is 409 g/mol. The number of anilines is 1. The molecule has 1 N–H and O–H groups in total. The van der Waals surface area contributed by atoms with Crippen molar-refractivity contribution in [1.29, 1.82) is 0 Å². The van der Waals surface area contributed by atoms with Gasteiger partial charge in [0.15, 0.2) is 0 Å². The summed E-state index contributed by atoms with van der Waals surface area (Å²) >= 11 is 14.2. The Bertz CT molecular complexity index is 889. The zero-order valence-corrected chi connectivity index (χ0v) is 16.5. The van der Waals surface area contributed by atoms with Crippen molar-refractivity contribution in [3.8, 4) is 0 Å². The Hall–Kier alpha value is -1.63. The summed E-state index contributed by atoms with van der Waals surface area (Å²) < 4.78 is 1.83. The number of amides is 1. The molecule has 3 heterocycles. The molecule has 1 unspecified atom stereocenters. The number of fused-ring (bicyclic) bond motifs is 1. The minimum Gasteiger partial charge on any atom is -0.344 e. The van der Waals surface area contributed by atoms with E-state index < -0.39 is 0 Å². The van der Waals surface area contributed by atoms with Crippen molar-refractivity contribution in [3.05, 3.63) is 57.3 Å². The standard InChI is InChI=1S/C18H18Cl2N4OS/c1-11-16(18(25)23-6-8-26-9-7-23)17(24-15(22-11)4-5-21-24)12-2-3-13(19)14(20)10-12/h2-5,10,17,22H,6-9H2,1H3. The number of hydrogen-bond donors (Lipinski definition) is 1. The van der Waals surface area contributed by atoms with Crippen molar-refractivity contribution < 1.29 is 4.79 Å². The van der Waals surface area contributed by atoms with Gasteiger partial charge in [-0.05, 0) is 24.6 Å². The smallest absolute Gasteiger partial charge is 0.254 e. The fourth-order valence-electron chi connectivity index (χ4n) is 3.41. The first-order valence-electron chi connectivity index (χ1n) is 8.39. The van der Waals surface area contributed by atoms with Crippen LogP contribution < -0.4 is 5.32 Å². The zero-order chi connectivity index (χ0) is 18.3. The molecule has 1 fully saturated rings. The lowest BCUT2D eigenvalue weighted by molar-refractivity contribution is -0.127. The molecule has 0 radical (unpaired) electrons. The third-order valence-corrected chi connectivity index (χ3v) is 6.38. The van der Waals surface area contributed by atoms with E-state index in [-0.39, 0.29) is 11.9 Å². The number of carbonyl (C=O) groups excluding carboxylic acids is 1. The van der Waals surface area contributed by atoms with E-state index in [9.17, 15) is 4.79 Å². The van der Waals surface area contributed by atoms with Crippen molar-refractivity contribution in [1.82, 2.24) is 14.7 Å². The first kappa shape index (κ1) is 17.8. The van der Waals surface area contributed by atoms with Crippen LogP contribution >= 0.6 is 35.0 Å². The van der Waals surface area contributed by atoms with Crippen molar-refractivity contribution in [2.24, 2.45) is 0 Å². The van der Waals surface area contributed by atoms with E-state index in [0.29, 0.717) is 15.6 Å². The van der Waals surface area contributed by atoms with E-state index in [4.69, 9.17) is 23.2 Å². The fourth-order valence-corrected chi connectivity index (χ4v) is 4.62. The van der Waals surface area contributed by atoms with Crippen LogP contribution in [0.25, 0.3) is 0 Å². The van der Waals surface area contributed by atoms with E-state index in [0.717, 1.165) is 41.7 Å². The highest BCUT2D eigenvalue weighted by atomic mass is 35.5. The molecule has 136 valence electrons. The van der Waals surface area contributed by atoms with Crippen molar-refractivity contribution in [2.75, 3.05) is 29.9 Å². The molecule has 4 rings (SSSR count). The van der Waals surface area contributed by atoms with Gasteiger partial charge in [0.2, 0.25) is 0 Å². The molecule has 0 spiro atoms. The maximum absolute atomic E-state index is 13.3. The maximum atomic E-state index is 13.3. The summed E-state index contributed by atoms with van der Waals surface area (Å²) in [7, 11) is 0.